The summed E-state index contributed by atoms with van der Waals surface area (Å²) < 4.78 is 16.9. The second kappa shape index (κ2) is 9.53. The van der Waals surface area contributed by atoms with E-state index in [2.05, 4.69) is 10.1 Å². The molecule has 0 N–H and O–H groups in total. The highest BCUT2D eigenvalue weighted by Gasteiger charge is 2.35. The lowest BCUT2D eigenvalue weighted by Gasteiger charge is -2.26. The number of carbonyl (C=O) groups excluding carboxylic acids is 3. The predicted octanol–water partition coefficient (Wildman–Crippen LogP) is 5.51. The minimum Gasteiger partial charge on any atom is -0.465 e. The Morgan fingerprint density at radius 3 is 2.03 bits per heavy atom. The molecule has 2 aromatic heterocycles. The molecular weight excluding hydrogens is 476 g/mol. The molecule has 0 radical (unpaired) electrons. The quantitative estimate of drug-likeness (QED) is 0.340. The Kier molecular flexibility index (Phi) is 7.07. The van der Waals surface area contributed by atoms with Crippen LogP contribution in [-0.2, 0) is 14.2 Å². The number of benzene rings is 1. The molecule has 0 aliphatic carbocycles. The Morgan fingerprint density at radius 2 is 1.49 bits per heavy atom. The Morgan fingerprint density at radius 1 is 0.914 bits per heavy atom. The number of fused-ring (bicyclic) bond motifs is 1. The monoisotopic (exact) mass is 502 g/mol. The van der Waals surface area contributed by atoms with Gasteiger partial charge in [-0.2, -0.15) is 4.98 Å². The van der Waals surface area contributed by atoms with Gasteiger partial charge in [-0.25, -0.2) is 18.9 Å². The Bertz CT molecular complexity index is 1260. The molecular formula is C24H27ClN4O6. The lowest BCUT2D eigenvalue weighted by molar-refractivity contribution is 0.0426. The zero-order valence-corrected chi connectivity index (χ0v) is 21.3. The lowest BCUT2D eigenvalue weighted by atomic mass is 10.0. The molecule has 35 heavy (non-hydrogen) atoms. The van der Waals surface area contributed by atoms with E-state index < -0.39 is 29.4 Å². The second-order valence-corrected chi connectivity index (χ2v) is 10.0. The van der Waals surface area contributed by atoms with Crippen LogP contribution in [0.3, 0.4) is 0 Å². The Hall–Kier alpha value is -3.66. The van der Waals surface area contributed by atoms with E-state index in [1.165, 1.54) is 11.6 Å². The van der Waals surface area contributed by atoms with Crippen LogP contribution in [0.1, 0.15) is 51.9 Å². The van der Waals surface area contributed by atoms with Crippen molar-refractivity contribution in [1.82, 2.24) is 14.6 Å². The summed E-state index contributed by atoms with van der Waals surface area (Å²) in [5, 5.41) is 4.52. The highest BCUT2D eigenvalue weighted by atomic mass is 35.5. The minimum atomic E-state index is -0.969. The third-order valence-electron chi connectivity index (χ3n) is 4.38. The van der Waals surface area contributed by atoms with Crippen molar-refractivity contribution in [2.45, 2.75) is 52.7 Å². The van der Waals surface area contributed by atoms with Crippen LogP contribution in [-0.4, -0.2) is 51.1 Å². The molecule has 0 bridgehead atoms. The van der Waals surface area contributed by atoms with Crippen molar-refractivity contribution in [2.24, 2.45) is 0 Å². The minimum absolute atomic E-state index is 0.211. The standard InChI is InChI=1S/C24H27ClN4O6/c1-23(2,3)34-21(31)29(22(32)35-24(4,5)6)20-26-18-13-15(10-11-28(18)27-20)14-8-9-17(25)16(12-14)19(30)33-7/h8-13H,1-7H3. The van der Waals surface area contributed by atoms with Gasteiger partial charge < -0.3 is 14.2 Å². The van der Waals surface area contributed by atoms with E-state index in [9.17, 15) is 14.4 Å². The largest absolute Gasteiger partial charge is 0.465 e. The first kappa shape index (κ1) is 26.0. The number of imide groups is 1. The van der Waals surface area contributed by atoms with Crippen molar-refractivity contribution in [3.05, 3.63) is 47.1 Å². The van der Waals surface area contributed by atoms with E-state index in [1.807, 2.05) is 0 Å². The number of hydrogen-bond acceptors (Lipinski definition) is 8. The smallest absolute Gasteiger partial charge is 0.427 e. The van der Waals surface area contributed by atoms with E-state index in [0.29, 0.717) is 21.7 Å². The molecule has 2 heterocycles. The summed E-state index contributed by atoms with van der Waals surface area (Å²) in [5.41, 5.74) is 0.196. The number of hydrogen-bond donors (Lipinski definition) is 0. The molecule has 2 amide bonds. The number of aromatic nitrogens is 3. The van der Waals surface area contributed by atoms with Crippen LogP contribution in [0.15, 0.2) is 36.5 Å². The molecule has 0 saturated carbocycles. The van der Waals surface area contributed by atoms with Crippen LogP contribution in [0.4, 0.5) is 15.5 Å². The Labute approximate surface area is 207 Å². The van der Waals surface area contributed by atoms with Crippen molar-refractivity contribution in [2.75, 3.05) is 12.0 Å². The van der Waals surface area contributed by atoms with Gasteiger partial charge in [0.1, 0.15) is 11.2 Å². The number of amides is 2. The number of carbonyl (C=O) groups is 3. The summed E-state index contributed by atoms with van der Waals surface area (Å²) in [4.78, 5) is 42.8. The number of halogens is 1. The maximum Gasteiger partial charge on any atom is 0.427 e. The fourth-order valence-corrected chi connectivity index (χ4v) is 3.16. The number of methoxy groups -OCH3 is 1. The molecule has 10 nitrogen and oxygen atoms in total. The molecule has 0 spiro atoms. The molecule has 0 atom stereocenters. The normalized spacial score (nSPS) is 11.8. The zero-order chi connectivity index (χ0) is 26.1. The summed E-state index contributed by atoms with van der Waals surface area (Å²) in [6.07, 6.45) is -0.331. The molecule has 3 rings (SSSR count). The number of nitrogens with zero attached hydrogens (tertiary/aromatic N) is 4. The first-order valence-electron chi connectivity index (χ1n) is 10.7. The molecule has 0 unspecified atom stereocenters. The fraction of sp³-hybridized carbons (Fsp3) is 0.375. The van der Waals surface area contributed by atoms with Crippen LogP contribution in [0.25, 0.3) is 16.8 Å². The van der Waals surface area contributed by atoms with E-state index in [1.54, 1.807) is 78.1 Å². The molecule has 186 valence electrons. The van der Waals surface area contributed by atoms with Crippen LogP contribution >= 0.6 is 11.6 Å². The van der Waals surface area contributed by atoms with Crippen molar-refractivity contribution < 1.29 is 28.6 Å². The van der Waals surface area contributed by atoms with Gasteiger partial charge in [0.25, 0.3) is 5.95 Å². The highest BCUT2D eigenvalue weighted by Crippen LogP contribution is 2.27. The SMILES string of the molecule is COC(=O)c1cc(-c2ccn3nc(N(C(=O)OC(C)(C)C)C(=O)OC(C)(C)C)nc3c2)ccc1Cl. The molecule has 0 fully saturated rings. The number of ether oxygens (including phenoxy) is 3. The van der Waals surface area contributed by atoms with Crippen molar-refractivity contribution in [3.63, 3.8) is 0 Å². The molecule has 11 heteroatoms. The number of pyridine rings is 1. The van der Waals surface area contributed by atoms with Gasteiger partial charge in [-0.3, -0.25) is 0 Å². The fourth-order valence-electron chi connectivity index (χ4n) is 2.97. The predicted molar refractivity (Wildman–Crippen MR) is 130 cm³/mol. The molecule has 0 aliphatic rings. The maximum absolute atomic E-state index is 12.9. The molecule has 0 aliphatic heterocycles. The highest BCUT2D eigenvalue weighted by molar-refractivity contribution is 6.33. The summed E-state index contributed by atoms with van der Waals surface area (Å²) in [5.74, 6) is -0.773. The van der Waals surface area contributed by atoms with E-state index in [0.717, 1.165) is 0 Å². The van der Waals surface area contributed by atoms with Gasteiger partial charge in [-0.15, -0.1) is 10.00 Å². The van der Waals surface area contributed by atoms with Gasteiger partial charge in [0, 0.05) is 6.20 Å². The van der Waals surface area contributed by atoms with Crippen LogP contribution in [0.2, 0.25) is 5.02 Å². The van der Waals surface area contributed by atoms with Gasteiger partial charge in [0.15, 0.2) is 5.65 Å². The van der Waals surface area contributed by atoms with Crippen molar-refractivity contribution in [3.8, 4) is 11.1 Å². The van der Waals surface area contributed by atoms with Gasteiger partial charge in [0.2, 0.25) is 0 Å². The van der Waals surface area contributed by atoms with Gasteiger partial charge in [-0.1, -0.05) is 17.7 Å². The first-order valence-corrected chi connectivity index (χ1v) is 11.1. The summed E-state index contributed by atoms with van der Waals surface area (Å²) in [6, 6.07) is 8.36. The van der Waals surface area contributed by atoms with Crippen LogP contribution in [0, 0.1) is 0 Å². The maximum atomic E-state index is 12.9. The number of rotatable bonds is 3. The number of anilines is 1. The van der Waals surface area contributed by atoms with Crippen LogP contribution < -0.4 is 4.90 Å². The summed E-state index contributed by atoms with van der Waals surface area (Å²) in [7, 11) is 1.27. The summed E-state index contributed by atoms with van der Waals surface area (Å²) >= 11 is 6.12. The molecule has 0 saturated heterocycles. The van der Waals surface area contributed by atoms with E-state index in [4.69, 9.17) is 25.8 Å². The van der Waals surface area contributed by atoms with E-state index >= 15 is 0 Å². The Balaban J connectivity index is 2.04. The average Bonchev–Trinajstić information content (AvgIpc) is 3.13. The van der Waals surface area contributed by atoms with E-state index in [-0.39, 0.29) is 16.5 Å². The topological polar surface area (TPSA) is 112 Å². The lowest BCUT2D eigenvalue weighted by Crippen LogP contribution is -2.44. The third-order valence-corrected chi connectivity index (χ3v) is 4.71. The van der Waals surface area contributed by atoms with Gasteiger partial charge in [-0.05, 0) is 76.9 Å². The molecule has 3 aromatic rings. The van der Waals surface area contributed by atoms with Gasteiger partial charge in [0.05, 0.1) is 17.7 Å². The van der Waals surface area contributed by atoms with Gasteiger partial charge >= 0.3 is 18.2 Å². The average molecular weight is 503 g/mol. The van der Waals surface area contributed by atoms with Crippen molar-refractivity contribution in [1.29, 1.82) is 0 Å². The third kappa shape index (κ3) is 6.27. The first-order chi connectivity index (χ1) is 16.2. The second-order valence-electron chi connectivity index (χ2n) is 9.61. The molecule has 1 aromatic carbocycles. The van der Waals surface area contributed by atoms with Crippen molar-refractivity contribution >= 4 is 41.4 Å². The summed E-state index contributed by atoms with van der Waals surface area (Å²) in [6.45, 7) is 10.1. The number of esters is 1. The van der Waals surface area contributed by atoms with Crippen LogP contribution in [0.5, 0.6) is 0 Å². The zero-order valence-electron chi connectivity index (χ0n) is 20.6.